The number of nitrogens with one attached hydrogen (secondary N) is 2. The van der Waals surface area contributed by atoms with Gasteiger partial charge in [-0.3, -0.25) is 9.59 Å². The molecule has 0 saturated carbocycles. The monoisotopic (exact) mass is 256 g/mol. The molecule has 0 unspecified atom stereocenters. The summed E-state index contributed by atoms with van der Waals surface area (Å²) in [5, 5.41) is 2.84. The number of rotatable bonds is 3. The van der Waals surface area contributed by atoms with Crippen LogP contribution in [0.25, 0.3) is 0 Å². The van der Waals surface area contributed by atoms with E-state index in [1.807, 2.05) is 32.0 Å². The Morgan fingerprint density at radius 3 is 2.58 bits per heavy atom. The Morgan fingerprint density at radius 1 is 1.21 bits per heavy atom. The van der Waals surface area contributed by atoms with Gasteiger partial charge in [0, 0.05) is 17.4 Å². The second kappa shape index (κ2) is 5.10. The number of aromatic nitrogens is 1. The summed E-state index contributed by atoms with van der Waals surface area (Å²) < 4.78 is 0. The van der Waals surface area contributed by atoms with Crippen LogP contribution in [-0.2, 0) is 0 Å². The number of amides is 1. The van der Waals surface area contributed by atoms with E-state index in [-0.39, 0.29) is 11.7 Å². The molecule has 1 aromatic heterocycles. The summed E-state index contributed by atoms with van der Waals surface area (Å²) in [5.41, 5.74) is 3.82. The number of carbonyl (C=O) groups is 2. The first-order chi connectivity index (χ1) is 8.99. The first-order valence-corrected chi connectivity index (χ1v) is 6.06. The van der Waals surface area contributed by atoms with Crippen LogP contribution in [0.2, 0.25) is 0 Å². The van der Waals surface area contributed by atoms with Crippen molar-refractivity contribution in [3.05, 3.63) is 52.8 Å². The zero-order valence-corrected chi connectivity index (χ0v) is 11.2. The van der Waals surface area contributed by atoms with Crippen LogP contribution in [0.3, 0.4) is 0 Å². The van der Waals surface area contributed by atoms with Crippen molar-refractivity contribution in [1.82, 2.24) is 4.98 Å². The smallest absolute Gasteiger partial charge is 0.272 e. The third-order valence-corrected chi connectivity index (χ3v) is 3.19. The van der Waals surface area contributed by atoms with E-state index in [1.54, 1.807) is 12.3 Å². The Hall–Kier alpha value is -2.36. The highest BCUT2D eigenvalue weighted by atomic mass is 16.2. The van der Waals surface area contributed by atoms with Gasteiger partial charge in [0.25, 0.3) is 5.91 Å². The number of aryl methyl sites for hydroxylation is 1. The van der Waals surface area contributed by atoms with Crippen molar-refractivity contribution in [2.75, 3.05) is 5.32 Å². The molecule has 0 spiro atoms. The van der Waals surface area contributed by atoms with Crippen LogP contribution in [0.15, 0.2) is 30.5 Å². The highest BCUT2D eigenvalue weighted by Crippen LogP contribution is 2.18. The van der Waals surface area contributed by atoms with Crippen molar-refractivity contribution in [2.24, 2.45) is 0 Å². The number of H-pyrrole nitrogens is 1. The molecule has 0 radical (unpaired) electrons. The molecule has 2 N–H and O–H groups in total. The van der Waals surface area contributed by atoms with Gasteiger partial charge >= 0.3 is 0 Å². The molecule has 2 rings (SSSR count). The van der Waals surface area contributed by atoms with Gasteiger partial charge in [0.1, 0.15) is 5.69 Å². The molecule has 0 fully saturated rings. The van der Waals surface area contributed by atoms with E-state index in [4.69, 9.17) is 0 Å². The number of hydrogen-bond donors (Lipinski definition) is 2. The summed E-state index contributed by atoms with van der Waals surface area (Å²) in [7, 11) is 0. The number of carbonyl (C=O) groups excluding carboxylic acids is 2. The number of aromatic amines is 1. The molecule has 0 aliphatic rings. The molecule has 98 valence electrons. The van der Waals surface area contributed by atoms with Crippen molar-refractivity contribution in [1.29, 1.82) is 0 Å². The average Bonchev–Trinajstić information content (AvgIpc) is 2.84. The largest absolute Gasteiger partial charge is 0.356 e. The number of anilines is 1. The summed E-state index contributed by atoms with van der Waals surface area (Å²) in [5.74, 6) is -0.316. The number of hydrogen-bond acceptors (Lipinski definition) is 2. The van der Waals surface area contributed by atoms with Crippen LogP contribution in [-0.4, -0.2) is 16.7 Å². The van der Waals surface area contributed by atoms with Crippen molar-refractivity contribution in [3.8, 4) is 0 Å². The fraction of sp³-hybridized carbons (Fsp3) is 0.200. The fourth-order valence-electron chi connectivity index (χ4n) is 1.80. The second-order valence-corrected chi connectivity index (χ2v) is 4.56. The second-order valence-electron chi connectivity index (χ2n) is 4.56. The number of ketones is 1. The standard InChI is InChI=1S/C15H16N2O2/c1-9-5-4-6-13(10(9)2)17-15(19)14-7-12(8-16-14)11(3)18/h4-8,16H,1-3H3,(H,17,19). The highest BCUT2D eigenvalue weighted by molar-refractivity contribution is 6.05. The van der Waals surface area contributed by atoms with Gasteiger partial charge in [-0.25, -0.2) is 0 Å². The van der Waals surface area contributed by atoms with E-state index in [2.05, 4.69) is 10.3 Å². The minimum Gasteiger partial charge on any atom is -0.356 e. The SMILES string of the molecule is CC(=O)c1c[nH]c(C(=O)Nc2cccc(C)c2C)c1. The van der Waals surface area contributed by atoms with Gasteiger partial charge in [-0.1, -0.05) is 12.1 Å². The normalized spacial score (nSPS) is 10.3. The van der Waals surface area contributed by atoms with Crippen LogP contribution in [0.1, 0.15) is 38.9 Å². The summed E-state index contributed by atoms with van der Waals surface area (Å²) in [4.78, 5) is 26.1. The third-order valence-electron chi connectivity index (χ3n) is 3.19. The Labute approximate surface area is 111 Å². The van der Waals surface area contributed by atoms with E-state index in [9.17, 15) is 9.59 Å². The Bertz CT molecular complexity index is 641. The lowest BCUT2D eigenvalue weighted by molar-refractivity contribution is 0.101. The minimum absolute atomic E-state index is 0.0676. The molecule has 1 amide bonds. The quantitative estimate of drug-likeness (QED) is 0.829. The predicted octanol–water partition coefficient (Wildman–Crippen LogP) is 3.09. The van der Waals surface area contributed by atoms with Crippen LogP contribution in [0.4, 0.5) is 5.69 Å². The first kappa shape index (κ1) is 13.1. The van der Waals surface area contributed by atoms with Gasteiger partial charge in [-0.05, 0) is 44.0 Å². The molecule has 0 aliphatic heterocycles. The molecule has 4 nitrogen and oxygen atoms in total. The van der Waals surface area contributed by atoms with E-state index in [0.29, 0.717) is 11.3 Å². The molecule has 0 bridgehead atoms. The molecule has 2 aromatic rings. The first-order valence-electron chi connectivity index (χ1n) is 6.06. The highest BCUT2D eigenvalue weighted by Gasteiger charge is 2.12. The Morgan fingerprint density at radius 2 is 1.95 bits per heavy atom. The van der Waals surface area contributed by atoms with Crippen molar-refractivity contribution in [3.63, 3.8) is 0 Å². The molecular formula is C15H16N2O2. The van der Waals surface area contributed by atoms with Crippen LogP contribution >= 0.6 is 0 Å². The molecule has 0 atom stereocenters. The Balaban J connectivity index is 2.21. The van der Waals surface area contributed by atoms with Crippen molar-refractivity contribution < 1.29 is 9.59 Å². The molecular weight excluding hydrogens is 240 g/mol. The molecule has 0 saturated heterocycles. The summed E-state index contributed by atoms with van der Waals surface area (Å²) in [6.07, 6.45) is 1.54. The van der Waals surface area contributed by atoms with Gasteiger partial charge < -0.3 is 10.3 Å². The summed E-state index contributed by atoms with van der Waals surface area (Å²) in [6, 6.07) is 7.30. The molecule has 0 aliphatic carbocycles. The summed E-state index contributed by atoms with van der Waals surface area (Å²) >= 11 is 0. The third kappa shape index (κ3) is 2.73. The molecule has 4 heteroatoms. The maximum atomic E-state index is 12.1. The molecule has 1 heterocycles. The fourth-order valence-corrected chi connectivity index (χ4v) is 1.80. The molecule has 1 aromatic carbocycles. The van der Waals surface area contributed by atoms with Crippen molar-refractivity contribution >= 4 is 17.4 Å². The molecule has 19 heavy (non-hydrogen) atoms. The van der Waals surface area contributed by atoms with Gasteiger partial charge in [0.15, 0.2) is 5.78 Å². The average molecular weight is 256 g/mol. The van der Waals surface area contributed by atoms with Crippen molar-refractivity contribution in [2.45, 2.75) is 20.8 Å². The maximum Gasteiger partial charge on any atom is 0.272 e. The minimum atomic E-state index is -0.249. The Kier molecular flexibility index (Phi) is 3.51. The summed E-state index contributed by atoms with van der Waals surface area (Å²) in [6.45, 7) is 5.42. The van der Waals surface area contributed by atoms with Crippen LogP contribution in [0.5, 0.6) is 0 Å². The lowest BCUT2D eigenvalue weighted by Gasteiger charge is -2.09. The number of benzene rings is 1. The van der Waals surface area contributed by atoms with E-state index in [0.717, 1.165) is 16.8 Å². The van der Waals surface area contributed by atoms with E-state index in [1.165, 1.54) is 6.92 Å². The lowest BCUT2D eigenvalue weighted by atomic mass is 10.1. The number of Topliss-reactive ketones (excluding diaryl/α,β-unsaturated/α-hetero) is 1. The van der Waals surface area contributed by atoms with E-state index < -0.39 is 0 Å². The van der Waals surface area contributed by atoms with Crippen LogP contribution < -0.4 is 5.32 Å². The zero-order valence-electron chi connectivity index (χ0n) is 11.2. The van der Waals surface area contributed by atoms with Gasteiger partial charge in [-0.2, -0.15) is 0 Å². The van der Waals surface area contributed by atoms with Crippen LogP contribution in [0, 0.1) is 13.8 Å². The van der Waals surface area contributed by atoms with E-state index >= 15 is 0 Å². The van der Waals surface area contributed by atoms with Gasteiger partial charge in [0.05, 0.1) is 0 Å². The zero-order chi connectivity index (χ0) is 14.0. The topological polar surface area (TPSA) is 62.0 Å². The lowest BCUT2D eigenvalue weighted by Crippen LogP contribution is -2.13. The van der Waals surface area contributed by atoms with Gasteiger partial charge in [0.2, 0.25) is 0 Å². The predicted molar refractivity (Wildman–Crippen MR) is 74.7 cm³/mol. The van der Waals surface area contributed by atoms with Gasteiger partial charge in [-0.15, -0.1) is 0 Å². The maximum absolute atomic E-state index is 12.1.